The van der Waals surface area contributed by atoms with Crippen LogP contribution in [-0.4, -0.2) is 56.2 Å². The molecule has 4 nitrogen and oxygen atoms in total. The predicted octanol–water partition coefficient (Wildman–Crippen LogP) is 1.94. The molecule has 0 atom stereocenters. The van der Waals surface area contributed by atoms with Crippen LogP contribution in [0, 0.1) is 0 Å². The minimum Gasteiger partial charge on any atom is -0.493 e. The van der Waals surface area contributed by atoms with Crippen LogP contribution in [0.15, 0.2) is 24.3 Å². The molecule has 1 aliphatic rings. The SMILES string of the molecule is CN(C)C1CCN(CCCOc2ccccc2CN)CC1. The van der Waals surface area contributed by atoms with Crippen molar-refractivity contribution in [2.24, 2.45) is 5.73 Å². The van der Waals surface area contributed by atoms with Crippen LogP contribution in [0.3, 0.4) is 0 Å². The third-order valence-corrected chi connectivity index (χ3v) is 4.36. The number of hydrogen-bond donors (Lipinski definition) is 1. The lowest BCUT2D eigenvalue weighted by Gasteiger charge is -2.35. The second-order valence-electron chi connectivity index (χ2n) is 6.05. The van der Waals surface area contributed by atoms with Gasteiger partial charge in [-0.25, -0.2) is 0 Å². The first-order valence-corrected chi connectivity index (χ1v) is 8.00. The molecular weight excluding hydrogens is 262 g/mol. The van der Waals surface area contributed by atoms with Gasteiger partial charge in [0, 0.05) is 24.7 Å². The summed E-state index contributed by atoms with van der Waals surface area (Å²) in [6.07, 6.45) is 3.64. The maximum atomic E-state index is 5.86. The Morgan fingerprint density at radius 2 is 1.95 bits per heavy atom. The minimum atomic E-state index is 0.536. The van der Waals surface area contributed by atoms with Crippen LogP contribution in [0.1, 0.15) is 24.8 Å². The third-order valence-electron chi connectivity index (χ3n) is 4.36. The van der Waals surface area contributed by atoms with Gasteiger partial charge in [-0.05, 0) is 52.5 Å². The molecule has 4 heteroatoms. The number of likely N-dealkylation sites (tertiary alicyclic amines) is 1. The molecule has 0 radical (unpaired) electrons. The zero-order valence-electron chi connectivity index (χ0n) is 13.4. The van der Waals surface area contributed by atoms with Gasteiger partial charge in [0.2, 0.25) is 0 Å². The Morgan fingerprint density at radius 1 is 1.24 bits per heavy atom. The minimum absolute atomic E-state index is 0.536. The fourth-order valence-corrected chi connectivity index (χ4v) is 2.94. The molecule has 0 amide bonds. The van der Waals surface area contributed by atoms with Crippen molar-refractivity contribution in [2.75, 3.05) is 40.3 Å². The Balaban J connectivity index is 1.64. The second-order valence-corrected chi connectivity index (χ2v) is 6.05. The topological polar surface area (TPSA) is 41.7 Å². The highest BCUT2D eigenvalue weighted by molar-refractivity contribution is 5.32. The maximum Gasteiger partial charge on any atom is 0.123 e. The van der Waals surface area contributed by atoms with E-state index in [0.717, 1.165) is 36.9 Å². The molecule has 2 rings (SSSR count). The number of ether oxygens (including phenoxy) is 1. The van der Waals surface area contributed by atoms with Gasteiger partial charge in [0.1, 0.15) is 5.75 Å². The highest BCUT2D eigenvalue weighted by Crippen LogP contribution is 2.18. The summed E-state index contributed by atoms with van der Waals surface area (Å²) >= 11 is 0. The van der Waals surface area contributed by atoms with Crippen LogP contribution in [0.5, 0.6) is 5.75 Å². The van der Waals surface area contributed by atoms with Crippen molar-refractivity contribution in [3.05, 3.63) is 29.8 Å². The largest absolute Gasteiger partial charge is 0.493 e. The summed E-state index contributed by atoms with van der Waals surface area (Å²) < 4.78 is 5.86. The number of benzene rings is 1. The summed E-state index contributed by atoms with van der Waals surface area (Å²) in [4.78, 5) is 4.91. The first-order chi connectivity index (χ1) is 10.2. The smallest absolute Gasteiger partial charge is 0.123 e. The number of nitrogens with zero attached hydrogens (tertiary/aromatic N) is 2. The number of rotatable bonds is 7. The van der Waals surface area contributed by atoms with Crippen molar-refractivity contribution in [1.82, 2.24) is 9.80 Å². The van der Waals surface area contributed by atoms with Gasteiger partial charge >= 0.3 is 0 Å². The van der Waals surface area contributed by atoms with Crippen molar-refractivity contribution in [3.8, 4) is 5.75 Å². The fourth-order valence-electron chi connectivity index (χ4n) is 2.94. The van der Waals surface area contributed by atoms with Crippen LogP contribution in [0.4, 0.5) is 0 Å². The normalized spacial score (nSPS) is 17.3. The molecule has 0 aromatic heterocycles. The van der Waals surface area contributed by atoms with E-state index in [9.17, 15) is 0 Å². The quantitative estimate of drug-likeness (QED) is 0.780. The van der Waals surface area contributed by atoms with Gasteiger partial charge in [0.05, 0.1) is 6.61 Å². The molecule has 1 aromatic rings. The molecule has 0 saturated carbocycles. The van der Waals surface area contributed by atoms with E-state index >= 15 is 0 Å². The lowest BCUT2D eigenvalue weighted by molar-refractivity contribution is 0.138. The Kier molecular flexibility index (Phi) is 6.49. The summed E-state index contributed by atoms with van der Waals surface area (Å²) in [7, 11) is 4.37. The second kappa shape index (κ2) is 8.37. The Labute approximate surface area is 128 Å². The van der Waals surface area contributed by atoms with Crippen LogP contribution in [0.25, 0.3) is 0 Å². The van der Waals surface area contributed by atoms with E-state index in [1.165, 1.54) is 25.9 Å². The monoisotopic (exact) mass is 291 g/mol. The molecule has 0 aliphatic carbocycles. The maximum absolute atomic E-state index is 5.86. The summed E-state index contributed by atoms with van der Waals surface area (Å²) in [5.74, 6) is 0.936. The van der Waals surface area contributed by atoms with Crippen molar-refractivity contribution in [1.29, 1.82) is 0 Å². The Bertz CT molecular complexity index is 414. The summed E-state index contributed by atoms with van der Waals surface area (Å²) in [5.41, 5.74) is 6.80. The van der Waals surface area contributed by atoms with E-state index in [0.29, 0.717) is 6.54 Å². The zero-order valence-corrected chi connectivity index (χ0v) is 13.4. The highest BCUT2D eigenvalue weighted by Gasteiger charge is 2.19. The summed E-state index contributed by atoms with van der Waals surface area (Å²) in [6.45, 7) is 4.86. The van der Waals surface area contributed by atoms with E-state index in [1.54, 1.807) is 0 Å². The first-order valence-electron chi connectivity index (χ1n) is 8.00. The lowest BCUT2D eigenvalue weighted by atomic mass is 10.0. The van der Waals surface area contributed by atoms with E-state index in [4.69, 9.17) is 10.5 Å². The van der Waals surface area contributed by atoms with E-state index in [2.05, 4.69) is 23.9 Å². The van der Waals surface area contributed by atoms with Crippen molar-refractivity contribution < 1.29 is 4.74 Å². The number of nitrogens with two attached hydrogens (primary N) is 1. The van der Waals surface area contributed by atoms with Gasteiger partial charge < -0.3 is 20.3 Å². The molecule has 1 heterocycles. The number of hydrogen-bond acceptors (Lipinski definition) is 4. The van der Waals surface area contributed by atoms with Crippen molar-refractivity contribution in [3.63, 3.8) is 0 Å². The van der Waals surface area contributed by atoms with Gasteiger partial charge in [-0.2, -0.15) is 0 Å². The van der Waals surface area contributed by atoms with Crippen LogP contribution >= 0.6 is 0 Å². The molecular formula is C17H29N3O. The summed E-state index contributed by atoms with van der Waals surface area (Å²) in [5, 5.41) is 0. The molecule has 21 heavy (non-hydrogen) atoms. The third kappa shape index (κ3) is 4.99. The molecule has 0 spiro atoms. The molecule has 0 bridgehead atoms. The molecule has 1 saturated heterocycles. The standard InChI is InChI=1S/C17H29N3O/c1-19(2)16-8-11-20(12-9-16)10-5-13-21-17-7-4-3-6-15(17)14-18/h3-4,6-7,16H,5,8-14,18H2,1-2H3. The Hall–Kier alpha value is -1.10. The molecule has 1 aliphatic heterocycles. The number of piperidine rings is 1. The van der Waals surface area contributed by atoms with Gasteiger partial charge in [-0.1, -0.05) is 18.2 Å². The van der Waals surface area contributed by atoms with Crippen LogP contribution < -0.4 is 10.5 Å². The van der Waals surface area contributed by atoms with Gasteiger partial charge in [-0.3, -0.25) is 0 Å². The van der Waals surface area contributed by atoms with E-state index < -0.39 is 0 Å². The average Bonchev–Trinajstić information content (AvgIpc) is 2.52. The molecule has 0 unspecified atom stereocenters. The van der Waals surface area contributed by atoms with Gasteiger partial charge in [-0.15, -0.1) is 0 Å². The van der Waals surface area contributed by atoms with E-state index in [-0.39, 0.29) is 0 Å². The summed E-state index contributed by atoms with van der Waals surface area (Å²) in [6, 6.07) is 8.80. The predicted molar refractivity (Wildman–Crippen MR) is 87.6 cm³/mol. The van der Waals surface area contributed by atoms with E-state index in [1.807, 2.05) is 24.3 Å². The zero-order chi connectivity index (χ0) is 15.1. The lowest BCUT2D eigenvalue weighted by Crippen LogP contribution is -2.42. The van der Waals surface area contributed by atoms with Crippen LogP contribution in [-0.2, 0) is 6.54 Å². The van der Waals surface area contributed by atoms with Crippen LogP contribution in [0.2, 0.25) is 0 Å². The van der Waals surface area contributed by atoms with Gasteiger partial charge in [0.25, 0.3) is 0 Å². The average molecular weight is 291 g/mol. The fraction of sp³-hybridized carbons (Fsp3) is 0.647. The molecule has 2 N–H and O–H groups in total. The van der Waals surface area contributed by atoms with Gasteiger partial charge in [0.15, 0.2) is 0 Å². The highest BCUT2D eigenvalue weighted by atomic mass is 16.5. The molecule has 1 fully saturated rings. The number of para-hydroxylation sites is 1. The molecule has 118 valence electrons. The van der Waals surface area contributed by atoms with Crippen molar-refractivity contribution in [2.45, 2.75) is 31.8 Å². The molecule has 1 aromatic carbocycles. The Morgan fingerprint density at radius 3 is 2.62 bits per heavy atom. The first kappa shape index (κ1) is 16.3. The van der Waals surface area contributed by atoms with Crippen molar-refractivity contribution >= 4 is 0 Å².